The molecule has 0 atom stereocenters. The molecule has 8 nitrogen and oxygen atoms in total. The molecule has 0 amide bonds. The topological polar surface area (TPSA) is 110 Å². The van der Waals surface area contributed by atoms with Crippen molar-refractivity contribution in [1.82, 2.24) is 19.9 Å². The third kappa shape index (κ3) is 17.4. The first-order chi connectivity index (χ1) is 40.2. The smallest absolute Gasteiger partial charge is 0.628 e. The fourth-order valence-corrected chi connectivity index (χ4v) is 11.4. The van der Waals surface area contributed by atoms with E-state index in [-0.39, 0.29) is 17.1 Å². The van der Waals surface area contributed by atoms with Crippen LogP contribution >= 0.6 is 0 Å². The summed E-state index contributed by atoms with van der Waals surface area (Å²) in [6.07, 6.45) is 5.93. The van der Waals surface area contributed by atoms with E-state index in [0.29, 0.717) is 0 Å². The minimum atomic E-state index is -6.00. The normalized spacial score (nSPS) is 11.9. The zero-order valence-corrected chi connectivity index (χ0v) is 52.0. The molecule has 11 rings (SSSR count). The molecule has 0 unspecified atom stereocenters. The van der Waals surface area contributed by atoms with Crippen molar-refractivity contribution in [2.45, 2.75) is 96.9 Å². The van der Waals surface area contributed by atoms with E-state index in [1.807, 2.05) is 13.8 Å². The summed E-state index contributed by atoms with van der Waals surface area (Å²) < 4.78 is 79.5. The number of halogens is 8. The van der Waals surface area contributed by atoms with Crippen LogP contribution in [0.2, 0.25) is 0 Å². The van der Waals surface area contributed by atoms with E-state index in [4.69, 9.17) is 19.9 Å². The molecule has 0 saturated heterocycles. The van der Waals surface area contributed by atoms with Gasteiger partial charge in [0.2, 0.25) is 0 Å². The molecule has 450 valence electrons. The fourth-order valence-electron chi connectivity index (χ4n) is 11.4. The van der Waals surface area contributed by atoms with Crippen LogP contribution in [0.15, 0.2) is 146 Å². The predicted octanol–water partition coefficient (Wildman–Crippen LogP) is 15.5. The largest absolute Gasteiger partial charge is 2.00 e. The van der Waals surface area contributed by atoms with E-state index < -0.39 is 14.5 Å². The predicted molar refractivity (Wildman–Crippen MR) is 325 cm³/mol. The molecule has 6 aromatic heterocycles. The number of hydrogen-bond acceptors (Lipinski definition) is 2. The Morgan fingerprint density at radius 1 is 0.276 bits per heavy atom. The number of nitrogens with zero attached hydrogens (tertiary/aromatic N) is 6. The van der Waals surface area contributed by atoms with Crippen LogP contribution in [0.1, 0.15) is 146 Å². The van der Waals surface area contributed by atoms with Crippen molar-refractivity contribution in [3.8, 4) is 0 Å². The van der Waals surface area contributed by atoms with Crippen molar-refractivity contribution in [3.05, 3.63) is 326 Å². The molecule has 1 aliphatic heterocycles. The third-order valence-electron chi connectivity index (χ3n) is 14.3. The molecule has 8 bridgehead atoms. The summed E-state index contributed by atoms with van der Waals surface area (Å²) in [5.41, 5.74) is 28.5. The average molecular weight is 1230 g/mol. The Kier molecular flexibility index (Phi) is 21.7. The molecule has 87 heavy (non-hydrogen) atoms. The summed E-state index contributed by atoms with van der Waals surface area (Å²) in [6, 6.07) is 42.7. The summed E-state index contributed by atoms with van der Waals surface area (Å²) in [5.74, 6) is 4.10. The molecular formula is C68H66B2F8FeN6O2. The van der Waals surface area contributed by atoms with Gasteiger partial charge in [-0.2, -0.15) is 9.46 Å². The molecule has 1 aliphatic rings. The number of rotatable bonds is 4. The van der Waals surface area contributed by atoms with Crippen LogP contribution in [0, 0.1) is 131 Å². The zero-order chi connectivity index (χ0) is 63.3. The number of hydrogen-bond donors (Lipinski definition) is 0. The summed E-state index contributed by atoms with van der Waals surface area (Å²) in [6.45, 7) is 30.2. The van der Waals surface area contributed by atoms with Gasteiger partial charge in [-0.15, -0.1) is 0 Å². The minimum Gasteiger partial charge on any atom is -0.628 e. The Labute approximate surface area is 515 Å². The van der Waals surface area contributed by atoms with E-state index in [9.17, 15) is 44.9 Å². The van der Waals surface area contributed by atoms with Crippen molar-refractivity contribution in [2.75, 3.05) is 0 Å². The van der Waals surface area contributed by atoms with Gasteiger partial charge in [0.1, 0.15) is 0 Å². The molecule has 4 aromatic carbocycles. The molecule has 0 saturated carbocycles. The second kappa shape index (κ2) is 27.9. The average Bonchev–Trinajstić information content (AvgIpc) is 1.76. The molecule has 0 aliphatic carbocycles. The van der Waals surface area contributed by atoms with Gasteiger partial charge in [0.05, 0.1) is 22.3 Å². The monoisotopic (exact) mass is 1230 g/mol. The van der Waals surface area contributed by atoms with Gasteiger partial charge in [0, 0.05) is 141 Å². The van der Waals surface area contributed by atoms with Gasteiger partial charge in [-0.25, -0.2) is 0 Å². The number of aryl methyl sites for hydroxylation is 14. The first kappa shape index (κ1) is 67.6. The molecule has 19 heteroatoms. The molecule has 10 aromatic rings. The number of benzene rings is 4. The van der Waals surface area contributed by atoms with Crippen molar-refractivity contribution < 1.29 is 61.1 Å². The summed E-state index contributed by atoms with van der Waals surface area (Å²) in [4.78, 5) is 22.4. The van der Waals surface area contributed by atoms with Gasteiger partial charge in [-0.05, 0) is 224 Å². The fraction of sp³-hybridized carbons (Fsp3) is 0.206. The van der Waals surface area contributed by atoms with Crippen LogP contribution in [-0.4, -0.2) is 14.5 Å². The van der Waals surface area contributed by atoms with E-state index in [1.165, 1.54) is 91.5 Å². The molecule has 0 spiro atoms. The second-order valence-electron chi connectivity index (χ2n) is 21.9. The summed E-state index contributed by atoms with van der Waals surface area (Å²) >= 11 is 0. The van der Waals surface area contributed by atoms with Gasteiger partial charge in [0.15, 0.2) is 24.8 Å². The Morgan fingerprint density at radius 2 is 0.414 bits per heavy atom. The Morgan fingerprint density at radius 3 is 0.540 bits per heavy atom. The van der Waals surface area contributed by atoms with Crippen molar-refractivity contribution in [1.29, 1.82) is 0 Å². The molecule has 7 heterocycles. The van der Waals surface area contributed by atoms with E-state index in [1.54, 1.807) is 24.3 Å². The number of aromatic nitrogens is 6. The minimum absolute atomic E-state index is 0. The zero-order valence-electron chi connectivity index (χ0n) is 50.9. The van der Waals surface area contributed by atoms with Crippen LogP contribution in [0.25, 0.3) is 0 Å². The molecule has 0 radical (unpaired) electrons. The van der Waals surface area contributed by atoms with E-state index in [2.05, 4.69) is 180 Å². The quantitative estimate of drug-likeness (QED) is 0.0571. The van der Waals surface area contributed by atoms with Gasteiger partial charge in [0.25, 0.3) is 0 Å². The Bertz CT molecular complexity index is 3280. The summed E-state index contributed by atoms with van der Waals surface area (Å²) in [7, 11) is -12.0. The van der Waals surface area contributed by atoms with Gasteiger partial charge in [-0.1, -0.05) is 0 Å². The molecule has 0 N–H and O–H groups in total. The standard InChI is InChI=1S/C56H52N4.2C6H7NO.2BF4.Fe/c1-29-21-33(5)49(34(6)22-29)53-41-13-15-43(57-41)54(50-35(7)23-30(2)24-36(50)8)45-17-19-47(59-45)56(52-39(11)27-32(4)28-40(52)12)48-20-18-46(60-48)55(44-16-14-42(53)58-44)51-37(9)25-31(3)26-38(51)10;2*1-6-2-4-7(8)5-3-6;2*2-1(3,4)5;/h13-28H,1-12H3;2*2-5H,1H3;;;/q;;;2*-1;+2. The van der Waals surface area contributed by atoms with Crippen LogP contribution in [0.5, 0.6) is 0 Å². The Hall–Kier alpha value is -8.53. The van der Waals surface area contributed by atoms with Gasteiger partial charge >= 0.3 is 31.6 Å². The maximum atomic E-state index is 10.3. The first-order valence-corrected chi connectivity index (χ1v) is 27.7. The van der Waals surface area contributed by atoms with E-state index in [0.717, 1.165) is 112 Å². The van der Waals surface area contributed by atoms with Crippen LogP contribution < -0.4 is 29.4 Å². The maximum Gasteiger partial charge on any atom is 2.00 e. The second-order valence-corrected chi connectivity index (χ2v) is 21.9. The van der Waals surface area contributed by atoms with Crippen LogP contribution in [0.3, 0.4) is 0 Å². The van der Waals surface area contributed by atoms with Crippen molar-refractivity contribution in [2.24, 2.45) is 0 Å². The maximum absolute atomic E-state index is 10.3. The van der Waals surface area contributed by atoms with Gasteiger partial charge < -0.3 is 64.9 Å². The molecule has 0 fully saturated rings. The van der Waals surface area contributed by atoms with Crippen LogP contribution in [0.4, 0.5) is 34.5 Å². The van der Waals surface area contributed by atoms with Gasteiger partial charge in [-0.3, -0.25) is 0 Å². The third-order valence-corrected chi connectivity index (χ3v) is 14.3. The van der Waals surface area contributed by atoms with Crippen LogP contribution in [-0.2, 0) is 17.1 Å². The molecular weight excluding hydrogens is 1160 g/mol. The van der Waals surface area contributed by atoms with Crippen molar-refractivity contribution >= 4 is 14.5 Å². The SMILES string of the molecule is Cc1cc(C)c([C+]2c3ccc([n-]3)[C+](c3c(C)cc(C)cc3C)c3ccc([n-]3)[C+](c3c(C)cc(C)cc3C)c3ccc([n-]3)[C+](c3c(C)cc(C)cc3C)c3ccc2[n-]3)c(C)c1.Cc1cc[n+]([O-])cc1.Cc1cc[n+]([O-])cc1.F[B-](F)(F)F.F[B-](F)(F)F.[Fe+2]. The number of fused-ring (bicyclic) bond motifs is 8. The first-order valence-electron chi connectivity index (χ1n) is 27.7. The van der Waals surface area contributed by atoms with Crippen molar-refractivity contribution in [3.63, 3.8) is 0 Å². The number of pyridine rings is 2. The Balaban J connectivity index is 0.000000370. The summed E-state index contributed by atoms with van der Waals surface area (Å²) in [5, 5.41) is 20.7. The van der Waals surface area contributed by atoms with E-state index >= 15 is 0 Å².